The van der Waals surface area contributed by atoms with E-state index in [1.807, 2.05) is 0 Å². The molecule has 1 fully saturated rings. The van der Waals surface area contributed by atoms with Gasteiger partial charge in [-0.3, -0.25) is 9.59 Å². The highest BCUT2D eigenvalue weighted by Crippen LogP contribution is 2.29. The van der Waals surface area contributed by atoms with Crippen LogP contribution in [0.2, 0.25) is 0 Å². The average molecular weight is 379 g/mol. The van der Waals surface area contributed by atoms with Crippen molar-refractivity contribution in [3.8, 4) is 0 Å². The first-order valence-corrected chi connectivity index (χ1v) is 9.17. The average Bonchev–Trinajstić information content (AvgIpc) is 2.85. The second-order valence-electron chi connectivity index (χ2n) is 5.88. The highest BCUT2D eigenvalue weighted by Gasteiger charge is 2.36. The number of hydrogen-bond acceptors (Lipinski definition) is 4. The number of carboxylic acids is 1. The molecule has 1 aromatic rings. The molecule has 1 N–H and O–H groups in total. The third kappa shape index (κ3) is 5.18. The lowest BCUT2D eigenvalue weighted by Gasteiger charge is -2.23. The lowest BCUT2D eigenvalue weighted by atomic mass is 10.1. The molecule has 0 radical (unpaired) electrons. The van der Waals surface area contributed by atoms with Gasteiger partial charge in [0.2, 0.25) is 5.91 Å². The SMILES string of the molecule is O=C(O)CN(Cc1ccc(C(F)(F)F)cc1)C(=O)C1CCS(=O)(=O)C1. The summed E-state index contributed by atoms with van der Waals surface area (Å²) in [5, 5.41) is 8.95. The molecular formula is C15H16F3NO5S. The number of carboxylic acid groups (broad SMARTS) is 1. The van der Waals surface area contributed by atoms with Crippen LogP contribution in [0.1, 0.15) is 17.5 Å². The van der Waals surface area contributed by atoms with E-state index in [1.54, 1.807) is 0 Å². The molecule has 1 aliphatic rings. The number of rotatable bonds is 5. The molecule has 6 nitrogen and oxygen atoms in total. The van der Waals surface area contributed by atoms with Crippen LogP contribution in [-0.4, -0.2) is 48.4 Å². The molecule has 10 heteroatoms. The minimum absolute atomic E-state index is 0.115. The number of carbonyl (C=O) groups is 2. The minimum Gasteiger partial charge on any atom is -0.480 e. The van der Waals surface area contributed by atoms with Crippen LogP contribution in [-0.2, 0) is 32.1 Å². The van der Waals surface area contributed by atoms with Gasteiger partial charge >= 0.3 is 12.1 Å². The lowest BCUT2D eigenvalue weighted by Crippen LogP contribution is -2.39. The number of amides is 1. The molecule has 1 unspecified atom stereocenters. The number of hydrogen-bond donors (Lipinski definition) is 1. The van der Waals surface area contributed by atoms with Gasteiger partial charge in [0, 0.05) is 6.54 Å². The van der Waals surface area contributed by atoms with Gasteiger partial charge in [-0.05, 0) is 24.1 Å². The molecule has 1 saturated heterocycles. The summed E-state index contributed by atoms with van der Waals surface area (Å²) in [7, 11) is -3.32. The molecule has 2 rings (SSSR count). The second kappa shape index (κ2) is 7.03. The van der Waals surface area contributed by atoms with Crippen LogP contribution in [0, 0.1) is 5.92 Å². The van der Waals surface area contributed by atoms with E-state index in [2.05, 4.69) is 0 Å². The fourth-order valence-electron chi connectivity index (χ4n) is 2.64. The van der Waals surface area contributed by atoms with Gasteiger partial charge in [-0.1, -0.05) is 12.1 Å². The Morgan fingerprint density at radius 2 is 1.80 bits per heavy atom. The van der Waals surface area contributed by atoms with Gasteiger partial charge < -0.3 is 10.0 Å². The van der Waals surface area contributed by atoms with Gasteiger partial charge in [-0.25, -0.2) is 8.42 Å². The maximum Gasteiger partial charge on any atom is 0.416 e. The molecule has 1 heterocycles. The molecule has 1 aliphatic heterocycles. The standard InChI is InChI=1S/C15H16F3NO5S/c16-15(17,18)12-3-1-10(2-4-12)7-19(8-13(20)21)14(22)11-5-6-25(23,24)9-11/h1-4,11H,5-9H2,(H,20,21). The van der Waals surface area contributed by atoms with Crippen LogP contribution in [0.25, 0.3) is 0 Å². The highest BCUT2D eigenvalue weighted by molar-refractivity contribution is 7.91. The monoisotopic (exact) mass is 379 g/mol. The zero-order valence-electron chi connectivity index (χ0n) is 13.0. The van der Waals surface area contributed by atoms with Crippen molar-refractivity contribution in [2.24, 2.45) is 5.92 Å². The maximum absolute atomic E-state index is 12.6. The largest absolute Gasteiger partial charge is 0.480 e. The Kier molecular flexibility index (Phi) is 5.40. The predicted molar refractivity (Wildman–Crippen MR) is 81.3 cm³/mol. The van der Waals surface area contributed by atoms with Crippen molar-refractivity contribution in [1.29, 1.82) is 0 Å². The minimum atomic E-state index is -4.49. The normalized spacial score (nSPS) is 19.6. The number of alkyl halides is 3. The van der Waals surface area contributed by atoms with Crippen LogP contribution < -0.4 is 0 Å². The Morgan fingerprint density at radius 1 is 1.20 bits per heavy atom. The van der Waals surface area contributed by atoms with E-state index in [9.17, 15) is 31.2 Å². The Balaban J connectivity index is 2.15. The summed E-state index contributed by atoms with van der Waals surface area (Å²) in [4.78, 5) is 24.3. The Bertz CT molecular complexity index is 758. The highest BCUT2D eigenvalue weighted by atomic mass is 32.2. The molecule has 25 heavy (non-hydrogen) atoms. The summed E-state index contributed by atoms with van der Waals surface area (Å²) in [5.41, 5.74) is -0.530. The lowest BCUT2D eigenvalue weighted by molar-refractivity contribution is -0.146. The van der Waals surface area contributed by atoms with Gasteiger partial charge in [-0.2, -0.15) is 13.2 Å². The molecular weight excluding hydrogens is 363 g/mol. The molecule has 138 valence electrons. The quantitative estimate of drug-likeness (QED) is 0.838. The summed E-state index contributed by atoms with van der Waals surface area (Å²) in [6.07, 6.45) is -4.38. The Hall–Kier alpha value is -2.10. The third-order valence-corrected chi connectivity index (χ3v) is 5.64. The number of nitrogens with zero attached hydrogens (tertiary/aromatic N) is 1. The molecule has 1 amide bonds. The fourth-order valence-corrected chi connectivity index (χ4v) is 4.38. The summed E-state index contributed by atoms with van der Waals surface area (Å²) in [5.74, 6) is -3.21. The smallest absolute Gasteiger partial charge is 0.416 e. The third-order valence-electron chi connectivity index (χ3n) is 3.87. The first-order chi connectivity index (χ1) is 11.5. The van der Waals surface area contributed by atoms with Crippen molar-refractivity contribution < 1.29 is 36.3 Å². The van der Waals surface area contributed by atoms with Gasteiger partial charge in [0.15, 0.2) is 9.84 Å². The zero-order chi connectivity index (χ0) is 18.8. The predicted octanol–water partition coefficient (Wildman–Crippen LogP) is 1.55. The van der Waals surface area contributed by atoms with Crippen LogP contribution in [0.5, 0.6) is 0 Å². The summed E-state index contributed by atoms with van der Waals surface area (Å²) in [6.45, 7) is -0.865. The molecule has 0 aliphatic carbocycles. The Labute approximate surface area is 142 Å². The van der Waals surface area contributed by atoms with Crippen molar-refractivity contribution in [2.75, 3.05) is 18.1 Å². The van der Waals surface area contributed by atoms with E-state index in [4.69, 9.17) is 5.11 Å². The molecule has 0 bridgehead atoms. The van der Waals surface area contributed by atoms with E-state index < -0.39 is 45.9 Å². The molecule has 1 aromatic carbocycles. The van der Waals surface area contributed by atoms with Crippen molar-refractivity contribution in [3.63, 3.8) is 0 Å². The second-order valence-corrected chi connectivity index (χ2v) is 8.11. The molecule has 0 spiro atoms. The fraction of sp³-hybridized carbons (Fsp3) is 0.467. The molecule has 1 atom stereocenters. The number of carbonyl (C=O) groups excluding carboxylic acids is 1. The van der Waals surface area contributed by atoms with Gasteiger partial charge in [0.05, 0.1) is 23.0 Å². The Morgan fingerprint density at radius 3 is 2.24 bits per heavy atom. The van der Waals surface area contributed by atoms with Crippen LogP contribution in [0.15, 0.2) is 24.3 Å². The first kappa shape index (κ1) is 19.2. The van der Waals surface area contributed by atoms with Crippen LogP contribution >= 0.6 is 0 Å². The van der Waals surface area contributed by atoms with E-state index in [1.165, 1.54) is 0 Å². The van der Waals surface area contributed by atoms with E-state index in [-0.39, 0.29) is 24.5 Å². The van der Waals surface area contributed by atoms with Gasteiger partial charge in [0.1, 0.15) is 6.54 Å². The van der Waals surface area contributed by atoms with E-state index in [0.717, 1.165) is 29.2 Å². The topological polar surface area (TPSA) is 91.8 Å². The maximum atomic E-state index is 12.6. The van der Waals surface area contributed by atoms with E-state index in [0.29, 0.717) is 5.56 Å². The van der Waals surface area contributed by atoms with Crippen molar-refractivity contribution in [1.82, 2.24) is 4.90 Å². The van der Waals surface area contributed by atoms with Crippen molar-refractivity contribution in [3.05, 3.63) is 35.4 Å². The van der Waals surface area contributed by atoms with Gasteiger partial charge in [0.25, 0.3) is 0 Å². The number of halogens is 3. The zero-order valence-corrected chi connectivity index (χ0v) is 13.8. The number of aliphatic carboxylic acids is 1. The van der Waals surface area contributed by atoms with Crippen molar-refractivity contribution in [2.45, 2.75) is 19.1 Å². The summed E-state index contributed by atoms with van der Waals surface area (Å²) in [6, 6.07) is 4.02. The molecule has 0 saturated carbocycles. The van der Waals surface area contributed by atoms with Crippen LogP contribution in [0.4, 0.5) is 13.2 Å². The molecule has 0 aromatic heterocycles. The summed E-state index contributed by atoms with van der Waals surface area (Å²) >= 11 is 0. The van der Waals surface area contributed by atoms with E-state index >= 15 is 0 Å². The van der Waals surface area contributed by atoms with Crippen molar-refractivity contribution >= 4 is 21.7 Å². The van der Waals surface area contributed by atoms with Gasteiger partial charge in [-0.15, -0.1) is 0 Å². The first-order valence-electron chi connectivity index (χ1n) is 7.35. The van der Waals surface area contributed by atoms with Crippen LogP contribution in [0.3, 0.4) is 0 Å². The summed E-state index contributed by atoms with van der Waals surface area (Å²) < 4.78 is 60.7. The number of benzene rings is 1. The number of sulfone groups is 1.